The maximum atomic E-state index is 14.4. The summed E-state index contributed by atoms with van der Waals surface area (Å²) in [7, 11) is 0. The molecule has 0 atom stereocenters. The third kappa shape index (κ3) is 3.44. The molecule has 0 radical (unpaired) electrons. The number of amides is 1. The summed E-state index contributed by atoms with van der Waals surface area (Å²) < 4.78 is 27.6. The third-order valence-corrected chi connectivity index (χ3v) is 4.49. The fourth-order valence-electron chi connectivity index (χ4n) is 2.89. The maximum absolute atomic E-state index is 14.4. The van der Waals surface area contributed by atoms with Gasteiger partial charge >= 0.3 is 0 Å². The van der Waals surface area contributed by atoms with E-state index in [0.717, 1.165) is 0 Å². The van der Waals surface area contributed by atoms with Gasteiger partial charge in [-0.25, -0.2) is 13.8 Å². The van der Waals surface area contributed by atoms with Crippen molar-refractivity contribution >= 4 is 35.1 Å². The van der Waals surface area contributed by atoms with Crippen LogP contribution < -0.4 is 4.90 Å². The molecule has 0 saturated heterocycles. The van der Waals surface area contributed by atoms with Gasteiger partial charge in [0.15, 0.2) is 5.84 Å². The predicted octanol–water partition coefficient (Wildman–Crippen LogP) is 5.45. The number of halogens is 3. The van der Waals surface area contributed by atoms with Gasteiger partial charge < -0.3 is 0 Å². The van der Waals surface area contributed by atoms with Crippen LogP contribution in [0.3, 0.4) is 0 Å². The first-order chi connectivity index (χ1) is 13.5. The van der Waals surface area contributed by atoms with E-state index in [2.05, 4.69) is 4.99 Å². The van der Waals surface area contributed by atoms with Crippen molar-refractivity contribution in [3.63, 3.8) is 0 Å². The Balaban J connectivity index is 1.84. The monoisotopic (exact) mass is 394 g/mol. The fraction of sp³-hybridized carbons (Fsp3) is 0. The normalized spacial score (nSPS) is 15.2. The molecule has 0 aliphatic carbocycles. The second kappa shape index (κ2) is 7.37. The molecule has 6 heteroatoms. The molecule has 3 aromatic carbocycles. The molecule has 1 aliphatic heterocycles. The van der Waals surface area contributed by atoms with Gasteiger partial charge in [-0.05, 0) is 60.2 Å². The zero-order chi connectivity index (χ0) is 19.7. The molecule has 1 aliphatic rings. The highest BCUT2D eigenvalue weighted by Crippen LogP contribution is 2.29. The first-order valence-corrected chi connectivity index (χ1v) is 8.81. The molecule has 0 aromatic heterocycles. The van der Waals surface area contributed by atoms with Crippen molar-refractivity contribution in [1.29, 1.82) is 0 Å². The van der Waals surface area contributed by atoms with Crippen LogP contribution in [0, 0.1) is 11.6 Å². The average Bonchev–Trinajstić information content (AvgIpc) is 3.01. The first kappa shape index (κ1) is 18.1. The Morgan fingerprint density at radius 1 is 0.893 bits per heavy atom. The maximum Gasteiger partial charge on any atom is 0.282 e. The van der Waals surface area contributed by atoms with Crippen molar-refractivity contribution < 1.29 is 13.6 Å². The first-order valence-electron chi connectivity index (χ1n) is 8.44. The Kier molecular flexibility index (Phi) is 4.75. The Morgan fingerprint density at radius 2 is 1.57 bits per heavy atom. The van der Waals surface area contributed by atoms with Gasteiger partial charge in [0.25, 0.3) is 5.91 Å². The molecule has 3 aromatic rings. The zero-order valence-electron chi connectivity index (χ0n) is 14.4. The van der Waals surface area contributed by atoms with Crippen LogP contribution in [-0.4, -0.2) is 11.7 Å². The van der Waals surface area contributed by atoms with Gasteiger partial charge in [0, 0.05) is 5.02 Å². The standard InChI is InChI=1S/C22H13ClF2N2O/c23-15-7-11-17(12-8-15)27-21(18-3-1-2-4-19(18)25)26-20(22(27)28)13-14-5-9-16(24)10-6-14/h1-13H/b20-13+. The fourth-order valence-corrected chi connectivity index (χ4v) is 3.01. The quantitative estimate of drug-likeness (QED) is 0.543. The van der Waals surface area contributed by atoms with Crippen LogP contribution in [0.15, 0.2) is 83.5 Å². The van der Waals surface area contributed by atoms with Crippen LogP contribution in [0.2, 0.25) is 5.02 Å². The molecule has 0 bridgehead atoms. The number of carbonyl (C=O) groups excluding carboxylic acids is 1. The van der Waals surface area contributed by atoms with Gasteiger partial charge in [-0.2, -0.15) is 0 Å². The summed E-state index contributed by atoms with van der Waals surface area (Å²) in [5, 5.41) is 0.516. The summed E-state index contributed by atoms with van der Waals surface area (Å²) in [6.07, 6.45) is 1.54. The lowest BCUT2D eigenvalue weighted by molar-refractivity contribution is -0.113. The third-order valence-electron chi connectivity index (χ3n) is 4.23. The van der Waals surface area contributed by atoms with Crippen LogP contribution in [0.1, 0.15) is 11.1 Å². The van der Waals surface area contributed by atoms with Gasteiger partial charge in [0.1, 0.15) is 17.3 Å². The van der Waals surface area contributed by atoms with E-state index in [1.165, 1.54) is 23.1 Å². The van der Waals surface area contributed by atoms with Crippen molar-refractivity contribution in [3.8, 4) is 0 Å². The molecule has 0 unspecified atom stereocenters. The number of rotatable bonds is 3. The number of benzene rings is 3. The molecule has 0 fully saturated rings. The number of carbonyl (C=O) groups is 1. The summed E-state index contributed by atoms with van der Waals surface area (Å²) in [5.74, 6) is -1.10. The van der Waals surface area contributed by atoms with Gasteiger partial charge in [-0.1, -0.05) is 35.9 Å². The molecule has 0 saturated carbocycles. The highest BCUT2D eigenvalue weighted by atomic mass is 35.5. The minimum atomic E-state index is -0.490. The van der Waals surface area contributed by atoms with E-state index in [1.54, 1.807) is 60.7 Å². The molecule has 0 N–H and O–H groups in total. The number of nitrogens with zero attached hydrogens (tertiary/aromatic N) is 2. The highest BCUT2D eigenvalue weighted by Gasteiger charge is 2.33. The Labute approximate surface area is 165 Å². The largest absolute Gasteiger partial charge is 0.282 e. The van der Waals surface area contributed by atoms with E-state index in [4.69, 9.17) is 11.6 Å². The Hall–Kier alpha value is -3.31. The molecular formula is C22H13ClF2N2O. The summed E-state index contributed by atoms with van der Waals surface area (Å²) in [6.45, 7) is 0. The predicted molar refractivity (Wildman–Crippen MR) is 106 cm³/mol. The van der Waals surface area contributed by atoms with Crippen LogP contribution in [0.25, 0.3) is 6.08 Å². The van der Waals surface area contributed by atoms with E-state index >= 15 is 0 Å². The summed E-state index contributed by atoms with van der Waals surface area (Å²) in [6, 6.07) is 18.4. The van der Waals surface area contributed by atoms with Crippen molar-refractivity contribution in [2.75, 3.05) is 4.90 Å². The highest BCUT2D eigenvalue weighted by molar-refractivity contribution is 6.34. The Bertz CT molecular complexity index is 1110. The van der Waals surface area contributed by atoms with E-state index in [1.807, 2.05) is 0 Å². The lowest BCUT2D eigenvalue weighted by atomic mass is 10.1. The number of hydrogen-bond donors (Lipinski definition) is 0. The van der Waals surface area contributed by atoms with Crippen molar-refractivity contribution in [2.24, 2.45) is 4.99 Å². The van der Waals surface area contributed by atoms with E-state index in [9.17, 15) is 13.6 Å². The molecule has 1 amide bonds. The number of aliphatic imine (C=N–C) groups is 1. The summed E-state index contributed by atoms with van der Waals surface area (Å²) in [5.41, 5.74) is 1.45. The van der Waals surface area contributed by atoms with Gasteiger partial charge in [-0.15, -0.1) is 0 Å². The van der Waals surface area contributed by atoms with Crippen molar-refractivity contribution in [1.82, 2.24) is 0 Å². The number of hydrogen-bond acceptors (Lipinski definition) is 2. The van der Waals surface area contributed by atoms with E-state index < -0.39 is 11.7 Å². The minimum absolute atomic E-state index is 0.125. The van der Waals surface area contributed by atoms with E-state index in [-0.39, 0.29) is 22.9 Å². The lowest BCUT2D eigenvalue weighted by Gasteiger charge is -2.18. The second-order valence-electron chi connectivity index (χ2n) is 6.11. The Morgan fingerprint density at radius 3 is 2.25 bits per heavy atom. The minimum Gasteiger partial charge on any atom is -0.266 e. The molecule has 4 rings (SSSR count). The number of amidine groups is 1. The van der Waals surface area contributed by atoms with Gasteiger partial charge in [0.05, 0.1) is 11.3 Å². The van der Waals surface area contributed by atoms with Crippen molar-refractivity contribution in [2.45, 2.75) is 0 Å². The SMILES string of the molecule is O=C1/C(=C\c2ccc(F)cc2)N=C(c2ccccc2F)N1c1ccc(Cl)cc1. The van der Waals surface area contributed by atoms with Crippen LogP contribution >= 0.6 is 11.6 Å². The van der Waals surface area contributed by atoms with E-state index in [0.29, 0.717) is 16.3 Å². The average molecular weight is 395 g/mol. The smallest absolute Gasteiger partial charge is 0.266 e. The molecule has 28 heavy (non-hydrogen) atoms. The summed E-state index contributed by atoms with van der Waals surface area (Å²) in [4.78, 5) is 18.8. The molecule has 1 heterocycles. The molecule has 3 nitrogen and oxygen atoms in total. The van der Waals surface area contributed by atoms with Crippen LogP contribution in [-0.2, 0) is 4.79 Å². The van der Waals surface area contributed by atoms with Crippen LogP contribution in [0.4, 0.5) is 14.5 Å². The van der Waals surface area contributed by atoms with Crippen molar-refractivity contribution in [3.05, 3.63) is 106 Å². The lowest BCUT2D eigenvalue weighted by Crippen LogP contribution is -2.33. The van der Waals surface area contributed by atoms with Gasteiger partial charge in [-0.3, -0.25) is 9.69 Å². The topological polar surface area (TPSA) is 32.7 Å². The zero-order valence-corrected chi connectivity index (χ0v) is 15.2. The number of anilines is 1. The second-order valence-corrected chi connectivity index (χ2v) is 6.55. The summed E-state index contributed by atoms with van der Waals surface area (Å²) >= 11 is 5.95. The van der Waals surface area contributed by atoms with Gasteiger partial charge in [0.2, 0.25) is 0 Å². The van der Waals surface area contributed by atoms with Crippen LogP contribution in [0.5, 0.6) is 0 Å². The molecular weight excluding hydrogens is 382 g/mol. The molecule has 138 valence electrons. The molecule has 0 spiro atoms.